The molecule has 1 aromatic rings. The van der Waals surface area contributed by atoms with Gasteiger partial charge in [-0.3, -0.25) is 24.1 Å². The van der Waals surface area contributed by atoms with Crippen molar-refractivity contribution in [3.63, 3.8) is 0 Å². The van der Waals surface area contributed by atoms with E-state index in [2.05, 4.69) is 37.2 Å². The first-order valence-electron chi connectivity index (χ1n) is 11.4. The fourth-order valence-corrected chi connectivity index (χ4v) is 6.97. The summed E-state index contributed by atoms with van der Waals surface area (Å²) in [5.41, 5.74) is 0.763. The molecule has 0 spiro atoms. The number of alkyl halides is 2. The lowest BCUT2D eigenvalue weighted by Crippen LogP contribution is -2.38. The van der Waals surface area contributed by atoms with E-state index in [1.165, 1.54) is 24.3 Å². The highest BCUT2D eigenvalue weighted by Crippen LogP contribution is 2.60. The fourth-order valence-electron chi connectivity index (χ4n) is 5.10. The minimum absolute atomic E-state index is 0.0565. The summed E-state index contributed by atoms with van der Waals surface area (Å²) in [5.74, 6) is -3.04. The highest BCUT2D eigenvalue weighted by molar-refractivity contribution is 9.12. The SMILES string of the molecule is CC(C)COC(=O)c1ccc(NC(=O)COC(=O)CN2C(=O)[C@@H]3[C@H]4C[C@@H]([C@H](Br)[C@@H]4Br)[C@@H]3C2=O)cc1. The van der Waals surface area contributed by atoms with Gasteiger partial charge < -0.3 is 14.8 Å². The van der Waals surface area contributed by atoms with Gasteiger partial charge in [-0.05, 0) is 48.4 Å². The highest BCUT2D eigenvalue weighted by Gasteiger charge is 2.66. The second-order valence-corrected chi connectivity index (χ2v) is 11.7. The van der Waals surface area contributed by atoms with Crippen molar-refractivity contribution in [3.05, 3.63) is 29.8 Å². The van der Waals surface area contributed by atoms with Gasteiger partial charge in [0.05, 0.1) is 24.0 Å². The second kappa shape index (κ2) is 10.4. The average molecular weight is 614 g/mol. The van der Waals surface area contributed by atoms with Crippen molar-refractivity contribution in [1.82, 2.24) is 4.90 Å². The van der Waals surface area contributed by atoms with Crippen molar-refractivity contribution in [2.45, 2.75) is 29.9 Å². The molecule has 4 rings (SSSR count). The van der Waals surface area contributed by atoms with Gasteiger partial charge in [0.2, 0.25) is 11.8 Å². The number of ether oxygens (including phenoxy) is 2. The molecule has 2 saturated carbocycles. The van der Waals surface area contributed by atoms with E-state index in [0.717, 1.165) is 11.3 Å². The number of rotatable bonds is 8. The number of imide groups is 1. The molecular weight excluding hydrogens is 588 g/mol. The number of hydrogen-bond donors (Lipinski definition) is 1. The maximum atomic E-state index is 12.9. The zero-order chi connectivity index (χ0) is 25.4. The van der Waals surface area contributed by atoms with Gasteiger partial charge in [-0.1, -0.05) is 45.7 Å². The highest BCUT2D eigenvalue weighted by atomic mass is 79.9. The van der Waals surface area contributed by atoms with Crippen LogP contribution in [0.2, 0.25) is 0 Å². The molecule has 3 fully saturated rings. The van der Waals surface area contributed by atoms with E-state index in [0.29, 0.717) is 17.9 Å². The molecule has 2 bridgehead atoms. The number of hydrogen-bond acceptors (Lipinski definition) is 7. The Morgan fingerprint density at radius 2 is 1.57 bits per heavy atom. The molecule has 1 heterocycles. The monoisotopic (exact) mass is 612 g/mol. The van der Waals surface area contributed by atoms with E-state index >= 15 is 0 Å². The Morgan fingerprint density at radius 3 is 2.11 bits per heavy atom. The van der Waals surface area contributed by atoms with Crippen LogP contribution in [0.3, 0.4) is 0 Å². The Balaban J connectivity index is 1.24. The zero-order valence-electron chi connectivity index (χ0n) is 19.2. The first kappa shape index (κ1) is 25.8. The largest absolute Gasteiger partial charge is 0.462 e. The third-order valence-corrected chi connectivity index (χ3v) is 9.89. The molecule has 11 heteroatoms. The lowest BCUT2D eigenvalue weighted by Gasteiger charge is -2.28. The van der Waals surface area contributed by atoms with Gasteiger partial charge in [-0.25, -0.2) is 4.79 Å². The number of likely N-dealkylation sites (tertiary alicyclic amines) is 1. The quantitative estimate of drug-likeness (QED) is 0.272. The Kier molecular flexibility index (Phi) is 7.65. The number of anilines is 1. The first-order valence-corrected chi connectivity index (χ1v) is 13.3. The minimum atomic E-state index is -0.830. The van der Waals surface area contributed by atoms with E-state index in [-0.39, 0.29) is 39.2 Å². The van der Waals surface area contributed by atoms with Crippen LogP contribution in [0.15, 0.2) is 24.3 Å². The van der Waals surface area contributed by atoms with E-state index in [1.807, 2.05) is 13.8 Å². The molecule has 0 aromatic heterocycles. The van der Waals surface area contributed by atoms with Crippen molar-refractivity contribution >= 4 is 67.2 Å². The number of nitrogens with zero attached hydrogens (tertiary/aromatic N) is 1. The van der Waals surface area contributed by atoms with Crippen molar-refractivity contribution in [1.29, 1.82) is 0 Å². The molecule has 188 valence electrons. The molecular formula is C24H26Br2N2O7. The summed E-state index contributed by atoms with van der Waals surface area (Å²) in [6.45, 7) is 3.10. The molecule has 0 radical (unpaired) electrons. The van der Waals surface area contributed by atoms with Crippen LogP contribution in [-0.4, -0.2) is 64.0 Å². The second-order valence-electron chi connectivity index (χ2n) is 9.54. The van der Waals surface area contributed by atoms with E-state index in [4.69, 9.17) is 9.47 Å². The molecule has 1 saturated heterocycles. The van der Waals surface area contributed by atoms with Crippen LogP contribution < -0.4 is 5.32 Å². The topological polar surface area (TPSA) is 119 Å². The summed E-state index contributed by atoms with van der Waals surface area (Å²) in [5, 5.41) is 2.56. The molecule has 3 amide bonds. The lowest BCUT2D eigenvalue weighted by atomic mass is 9.81. The maximum absolute atomic E-state index is 12.9. The van der Waals surface area contributed by atoms with E-state index < -0.39 is 42.8 Å². The van der Waals surface area contributed by atoms with Crippen LogP contribution in [0, 0.1) is 29.6 Å². The Morgan fingerprint density at radius 1 is 1.00 bits per heavy atom. The molecule has 9 nitrogen and oxygen atoms in total. The predicted molar refractivity (Wildman–Crippen MR) is 132 cm³/mol. The van der Waals surface area contributed by atoms with Crippen molar-refractivity contribution in [2.24, 2.45) is 29.6 Å². The van der Waals surface area contributed by atoms with Gasteiger partial charge in [0, 0.05) is 15.3 Å². The van der Waals surface area contributed by atoms with Crippen LogP contribution in [0.25, 0.3) is 0 Å². The molecule has 35 heavy (non-hydrogen) atoms. The average Bonchev–Trinajstić information content (AvgIpc) is 3.43. The number of benzene rings is 1. The standard InChI is InChI=1S/C24H26Br2N2O7/c1-11(2)9-35-24(33)12-3-5-13(6-4-12)27-16(29)10-34-17(30)8-28-22(31)18-14-7-15(19(18)23(28)32)21(26)20(14)25/h3-6,11,14-15,18-21H,7-10H2,1-2H3,(H,27,29)/t14-,15-,18-,19+,20-,21+/m1/s1. The lowest BCUT2D eigenvalue weighted by molar-refractivity contribution is -0.154. The normalized spacial score (nSPS) is 28.9. The van der Waals surface area contributed by atoms with Gasteiger partial charge in [0.1, 0.15) is 6.54 Å². The summed E-state index contributed by atoms with van der Waals surface area (Å²) in [7, 11) is 0. The smallest absolute Gasteiger partial charge is 0.338 e. The molecule has 3 aliphatic rings. The summed E-state index contributed by atoms with van der Waals surface area (Å²) < 4.78 is 10.1. The van der Waals surface area contributed by atoms with Crippen molar-refractivity contribution < 1.29 is 33.4 Å². The minimum Gasteiger partial charge on any atom is -0.462 e. The van der Waals surface area contributed by atoms with Crippen molar-refractivity contribution in [3.8, 4) is 0 Å². The van der Waals surface area contributed by atoms with Crippen LogP contribution >= 0.6 is 31.9 Å². The summed E-state index contributed by atoms with van der Waals surface area (Å²) in [6, 6.07) is 6.12. The van der Waals surface area contributed by atoms with Gasteiger partial charge in [-0.2, -0.15) is 0 Å². The van der Waals surface area contributed by atoms with Crippen LogP contribution in [0.5, 0.6) is 0 Å². The Bertz CT molecular complexity index is 1010. The number of esters is 2. The first-order chi connectivity index (χ1) is 16.6. The van der Waals surface area contributed by atoms with E-state index in [1.54, 1.807) is 0 Å². The number of carbonyl (C=O) groups excluding carboxylic acids is 5. The number of carbonyl (C=O) groups is 5. The summed E-state index contributed by atoms with van der Waals surface area (Å²) in [4.78, 5) is 63.3. The number of fused-ring (bicyclic) bond motifs is 5. The van der Waals surface area contributed by atoms with Gasteiger partial charge in [0.25, 0.3) is 5.91 Å². The third-order valence-electron chi connectivity index (χ3n) is 6.68. The van der Waals surface area contributed by atoms with E-state index in [9.17, 15) is 24.0 Å². The molecule has 6 atom stereocenters. The number of amides is 3. The summed E-state index contributed by atoms with van der Waals surface area (Å²) >= 11 is 7.24. The van der Waals surface area contributed by atoms with Crippen molar-refractivity contribution in [2.75, 3.05) is 25.1 Å². The molecule has 1 aromatic carbocycles. The molecule has 2 aliphatic carbocycles. The zero-order valence-corrected chi connectivity index (χ0v) is 22.4. The Hall–Kier alpha value is -2.27. The van der Waals surface area contributed by atoms with Gasteiger partial charge in [-0.15, -0.1) is 0 Å². The summed E-state index contributed by atoms with van der Waals surface area (Å²) in [6.07, 6.45) is 0.803. The van der Waals surface area contributed by atoms with Crippen LogP contribution in [0.4, 0.5) is 5.69 Å². The number of nitrogens with one attached hydrogen (secondary N) is 1. The maximum Gasteiger partial charge on any atom is 0.338 e. The van der Waals surface area contributed by atoms with Crippen LogP contribution in [-0.2, 0) is 28.7 Å². The Labute approximate surface area is 219 Å². The van der Waals surface area contributed by atoms with Gasteiger partial charge in [0.15, 0.2) is 6.61 Å². The fraction of sp³-hybridized carbons (Fsp3) is 0.542. The number of halogens is 2. The molecule has 0 unspecified atom stereocenters. The molecule has 1 aliphatic heterocycles. The molecule has 1 N–H and O–H groups in total. The van der Waals surface area contributed by atoms with Crippen LogP contribution in [0.1, 0.15) is 30.6 Å². The predicted octanol–water partition coefficient (Wildman–Crippen LogP) is 2.76. The van der Waals surface area contributed by atoms with Gasteiger partial charge >= 0.3 is 11.9 Å². The third kappa shape index (κ3) is 5.16.